The molecular formula is C34H41FN4O6. The molecule has 0 radical (unpaired) electrons. The van der Waals surface area contributed by atoms with Crippen LogP contribution in [0, 0.1) is 11.7 Å². The number of ether oxygens (including phenoxy) is 2. The van der Waals surface area contributed by atoms with Crippen LogP contribution in [0.5, 0.6) is 5.75 Å². The van der Waals surface area contributed by atoms with Gasteiger partial charge in [0.25, 0.3) is 17.6 Å². The third kappa shape index (κ3) is 7.13. The number of methoxy groups -OCH3 is 1. The van der Waals surface area contributed by atoms with Gasteiger partial charge in [0.1, 0.15) is 17.2 Å². The molecule has 3 amide bonds. The highest BCUT2D eigenvalue weighted by atomic mass is 19.1. The van der Waals surface area contributed by atoms with E-state index in [4.69, 9.17) is 9.47 Å². The highest BCUT2D eigenvalue weighted by Crippen LogP contribution is 2.32. The number of hydrogen-bond donors (Lipinski definition) is 0. The highest BCUT2D eigenvalue weighted by molar-refractivity contribution is 6.45. The van der Waals surface area contributed by atoms with Crippen LogP contribution in [0.2, 0.25) is 0 Å². The van der Waals surface area contributed by atoms with Crippen LogP contribution in [-0.2, 0) is 23.0 Å². The van der Waals surface area contributed by atoms with Gasteiger partial charge in [0.15, 0.2) is 0 Å². The van der Waals surface area contributed by atoms with Crippen LogP contribution in [0.4, 0.5) is 9.18 Å². The fraction of sp³-hybridized carbons (Fsp3) is 0.471. The number of aromatic nitrogens is 1. The number of rotatable bonds is 6. The van der Waals surface area contributed by atoms with Crippen molar-refractivity contribution in [2.24, 2.45) is 13.0 Å². The van der Waals surface area contributed by atoms with Crippen molar-refractivity contribution in [2.75, 3.05) is 46.4 Å². The summed E-state index contributed by atoms with van der Waals surface area (Å²) in [4.78, 5) is 57.9. The second-order valence-electron chi connectivity index (χ2n) is 12.9. The van der Waals surface area contributed by atoms with Crippen LogP contribution in [0.25, 0.3) is 10.9 Å². The van der Waals surface area contributed by atoms with Crippen LogP contribution >= 0.6 is 0 Å². The molecule has 0 unspecified atom stereocenters. The van der Waals surface area contributed by atoms with Crippen molar-refractivity contribution in [3.05, 3.63) is 65.1 Å². The molecule has 2 fully saturated rings. The number of hydrogen-bond acceptors (Lipinski definition) is 6. The largest absolute Gasteiger partial charge is 0.496 e. The summed E-state index contributed by atoms with van der Waals surface area (Å²) in [6, 6.07) is 9.94. The molecule has 1 aromatic heterocycles. The fourth-order valence-electron chi connectivity index (χ4n) is 6.07. The van der Waals surface area contributed by atoms with E-state index in [9.17, 15) is 23.6 Å². The standard InChI is InChI=1S/C34H41FN4O6/c1-34(2,3)45-33(43)39-16-14-38(15-17-39)32(42)30(40)27-21-36(4)28-20-29(44-5)26(19-25(27)28)31(41)37-12-10-23(11-13-37)18-22-6-8-24(35)9-7-22/h6-9,19-21,23H,10-18H2,1-5H3. The van der Waals surface area contributed by atoms with Gasteiger partial charge in [0, 0.05) is 64.0 Å². The zero-order valence-corrected chi connectivity index (χ0v) is 26.6. The number of piperazine rings is 1. The quantitative estimate of drug-likeness (QED) is 0.293. The minimum absolute atomic E-state index is 0.194. The van der Waals surface area contributed by atoms with E-state index < -0.39 is 23.4 Å². The molecule has 10 nitrogen and oxygen atoms in total. The maximum absolute atomic E-state index is 13.8. The first kappa shape index (κ1) is 32.0. The van der Waals surface area contributed by atoms with Gasteiger partial charge in [0.05, 0.1) is 23.8 Å². The second-order valence-corrected chi connectivity index (χ2v) is 12.9. The second kappa shape index (κ2) is 12.9. The van der Waals surface area contributed by atoms with E-state index in [1.165, 1.54) is 29.0 Å². The lowest BCUT2D eigenvalue weighted by Crippen LogP contribution is -2.53. The zero-order chi connectivity index (χ0) is 32.5. The summed E-state index contributed by atoms with van der Waals surface area (Å²) in [5, 5.41) is 0.499. The van der Waals surface area contributed by atoms with Crippen molar-refractivity contribution in [1.29, 1.82) is 0 Å². The first-order valence-electron chi connectivity index (χ1n) is 15.4. The van der Waals surface area contributed by atoms with Gasteiger partial charge >= 0.3 is 6.09 Å². The summed E-state index contributed by atoms with van der Waals surface area (Å²) in [6.45, 7) is 7.47. The number of likely N-dealkylation sites (tertiary alicyclic amines) is 1. The van der Waals surface area contributed by atoms with E-state index in [1.54, 1.807) is 67.7 Å². The Morgan fingerprint density at radius 3 is 2.09 bits per heavy atom. The number of ketones is 1. The van der Waals surface area contributed by atoms with E-state index in [2.05, 4.69) is 0 Å². The Hall–Kier alpha value is -4.41. The van der Waals surface area contributed by atoms with Gasteiger partial charge in [-0.2, -0.15) is 0 Å². The number of nitrogens with zero attached hydrogens (tertiary/aromatic N) is 4. The Labute approximate surface area is 262 Å². The molecule has 0 N–H and O–H groups in total. The third-order valence-electron chi connectivity index (χ3n) is 8.54. The summed E-state index contributed by atoms with van der Waals surface area (Å²) >= 11 is 0. The van der Waals surface area contributed by atoms with Crippen molar-refractivity contribution >= 4 is 34.6 Å². The first-order chi connectivity index (χ1) is 21.3. The molecule has 2 aromatic carbocycles. The highest BCUT2D eigenvalue weighted by Gasteiger charge is 2.33. The Bertz CT molecular complexity index is 1590. The zero-order valence-electron chi connectivity index (χ0n) is 26.6. The number of benzene rings is 2. The van der Waals surface area contributed by atoms with Crippen LogP contribution in [0.3, 0.4) is 0 Å². The Kier molecular flexibility index (Phi) is 9.18. The van der Waals surface area contributed by atoms with E-state index in [-0.39, 0.29) is 43.5 Å². The summed E-state index contributed by atoms with van der Waals surface area (Å²) in [6.07, 6.45) is 3.63. The number of piperidine rings is 1. The van der Waals surface area contributed by atoms with Gasteiger partial charge in [-0.1, -0.05) is 12.1 Å². The van der Waals surface area contributed by atoms with Gasteiger partial charge in [0.2, 0.25) is 0 Å². The summed E-state index contributed by atoms with van der Waals surface area (Å²) < 4.78 is 26.1. The molecule has 240 valence electrons. The van der Waals surface area contributed by atoms with Gasteiger partial charge in [-0.15, -0.1) is 0 Å². The minimum Gasteiger partial charge on any atom is -0.496 e. The van der Waals surface area contributed by atoms with Crippen LogP contribution in [0.15, 0.2) is 42.6 Å². The molecule has 2 aliphatic rings. The molecule has 2 aliphatic heterocycles. The predicted octanol–water partition coefficient (Wildman–Crippen LogP) is 4.68. The van der Waals surface area contributed by atoms with E-state index >= 15 is 0 Å². The Morgan fingerprint density at radius 2 is 1.49 bits per heavy atom. The molecule has 0 aliphatic carbocycles. The molecule has 0 atom stereocenters. The maximum Gasteiger partial charge on any atom is 0.410 e. The van der Waals surface area contributed by atoms with Crippen molar-refractivity contribution in [3.63, 3.8) is 0 Å². The van der Waals surface area contributed by atoms with E-state index in [0.717, 1.165) is 24.8 Å². The average molecular weight is 621 g/mol. The van der Waals surface area contributed by atoms with Gasteiger partial charge in [-0.05, 0) is 69.7 Å². The number of carbonyl (C=O) groups excluding carboxylic acids is 4. The smallest absolute Gasteiger partial charge is 0.410 e. The molecule has 0 spiro atoms. The molecular weight excluding hydrogens is 579 g/mol. The number of amides is 3. The molecule has 11 heteroatoms. The van der Waals surface area contributed by atoms with Crippen LogP contribution in [-0.4, -0.2) is 94.9 Å². The van der Waals surface area contributed by atoms with Crippen molar-refractivity contribution in [1.82, 2.24) is 19.3 Å². The lowest BCUT2D eigenvalue weighted by Gasteiger charge is -2.35. The first-order valence-corrected chi connectivity index (χ1v) is 15.4. The minimum atomic E-state index is -0.670. The van der Waals surface area contributed by atoms with E-state index in [0.29, 0.717) is 41.2 Å². The number of carbonyl (C=O) groups is 4. The SMILES string of the molecule is COc1cc2c(cc1C(=O)N1CCC(Cc3ccc(F)cc3)CC1)c(C(=O)C(=O)N1CCN(C(=O)OC(C)(C)C)CC1)cn2C. The Balaban J connectivity index is 1.29. The maximum atomic E-state index is 13.8. The van der Waals surface area contributed by atoms with Crippen molar-refractivity contribution < 1.29 is 33.0 Å². The van der Waals surface area contributed by atoms with Crippen LogP contribution < -0.4 is 4.74 Å². The van der Waals surface area contributed by atoms with Crippen molar-refractivity contribution in [2.45, 2.75) is 45.6 Å². The Morgan fingerprint density at radius 1 is 0.867 bits per heavy atom. The number of aryl methyl sites for hydroxylation is 1. The van der Waals surface area contributed by atoms with Gasteiger partial charge in [-0.25, -0.2) is 9.18 Å². The predicted molar refractivity (Wildman–Crippen MR) is 167 cm³/mol. The van der Waals surface area contributed by atoms with E-state index in [1.807, 2.05) is 0 Å². The lowest BCUT2D eigenvalue weighted by molar-refractivity contribution is -0.128. The normalized spacial score (nSPS) is 16.2. The molecule has 2 saturated heterocycles. The number of halogens is 1. The topological polar surface area (TPSA) is 101 Å². The number of Topliss-reactive ketones (excluding diaryl/α,β-unsaturated/α-hetero) is 1. The third-order valence-corrected chi connectivity index (χ3v) is 8.54. The monoisotopic (exact) mass is 620 g/mol. The summed E-state index contributed by atoms with van der Waals surface area (Å²) in [7, 11) is 3.28. The molecule has 45 heavy (non-hydrogen) atoms. The molecule has 0 saturated carbocycles. The fourth-order valence-corrected chi connectivity index (χ4v) is 6.07. The molecule has 3 aromatic rings. The number of fused-ring (bicyclic) bond motifs is 1. The van der Waals surface area contributed by atoms with Crippen LogP contribution in [0.1, 0.15) is 59.9 Å². The van der Waals surface area contributed by atoms with Gasteiger partial charge < -0.3 is 28.7 Å². The summed E-state index contributed by atoms with van der Waals surface area (Å²) in [5.41, 5.74) is 1.66. The lowest BCUT2D eigenvalue weighted by atomic mass is 9.90. The molecule has 3 heterocycles. The van der Waals surface area contributed by atoms with Crippen molar-refractivity contribution in [3.8, 4) is 5.75 Å². The summed E-state index contributed by atoms with van der Waals surface area (Å²) in [5.74, 6) is -0.989. The average Bonchev–Trinajstić information content (AvgIpc) is 3.35. The molecule has 5 rings (SSSR count). The molecule has 0 bridgehead atoms. The van der Waals surface area contributed by atoms with Gasteiger partial charge in [-0.3, -0.25) is 14.4 Å².